The largest absolute Gasteiger partial charge is 0.465 e. The number of nitrogens with one attached hydrogen (secondary N) is 1. The molecular weight excluding hydrogens is 521 g/mol. The minimum atomic E-state index is -4.18. The molecule has 0 bridgehead atoms. The van der Waals surface area contributed by atoms with E-state index in [1.165, 1.54) is 19.2 Å². The fourth-order valence-electron chi connectivity index (χ4n) is 3.75. The SMILES string of the molecule is COC(=O)c1c(C(C)(C)C)oc2c1cc(NS(=O)(=O)c1cc(Cl)c(Cl)cc1Cl)c1ccccc12. The van der Waals surface area contributed by atoms with E-state index in [0.717, 1.165) is 0 Å². The number of fused-ring (bicyclic) bond motifs is 3. The quantitative estimate of drug-likeness (QED) is 0.215. The topological polar surface area (TPSA) is 85.6 Å². The van der Waals surface area contributed by atoms with Gasteiger partial charge in [0.2, 0.25) is 0 Å². The van der Waals surface area contributed by atoms with E-state index in [-0.39, 0.29) is 31.2 Å². The van der Waals surface area contributed by atoms with Gasteiger partial charge in [-0.25, -0.2) is 13.2 Å². The van der Waals surface area contributed by atoms with Gasteiger partial charge in [0.15, 0.2) is 0 Å². The number of hydrogen-bond acceptors (Lipinski definition) is 5. The van der Waals surface area contributed by atoms with Gasteiger partial charge in [-0.2, -0.15) is 0 Å². The van der Waals surface area contributed by atoms with Gasteiger partial charge in [0.25, 0.3) is 10.0 Å². The Balaban J connectivity index is 2.02. The first-order valence-corrected chi connectivity index (χ1v) is 12.7. The smallest absolute Gasteiger partial charge is 0.342 e. The van der Waals surface area contributed by atoms with Crippen LogP contribution in [-0.4, -0.2) is 21.5 Å². The van der Waals surface area contributed by atoms with Gasteiger partial charge in [-0.05, 0) is 18.2 Å². The molecule has 1 heterocycles. The highest BCUT2D eigenvalue weighted by atomic mass is 35.5. The summed E-state index contributed by atoms with van der Waals surface area (Å²) in [5, 5.41) is 1.71. The number of methoxy groups -OCH3 is 1. The molecule has 1 N–H and O–H groups in total. The predicted octanol–water partition coefficient (Wildman–Crippen LogP) is 7.43. The van der Waals surface area contributed by atoms with Crippen LogP contribution >= 0.6 is 34.8 Å². The Kier molecular flexibility index (Phi) is 6.27. The summed E-state index contributed by atoms with van der Waals surface area (Å²) in [4.78, 5) is 12.5. The third kappa shape index (κ3) is 4.22. The summed E-state index contributed by atoms with van der Waals surface area (Å²) >= 11 is 18.2. The maximum atomic E-state index is 13.3. The van der Waals surface area contributed by atoms with Crippen LogP contribution in [0.2, 0.25) is 15.1 Å². The maximum Gasteiger partial charge on any atom is 0.342 e. The number of ether oxygens (including phenoxy) is 1. The number of carbonyl (C=O) groups is 1. The summed E-state index contributed by atoms with van der Waals surface area (Å²) in [6.07, 6.45) is 0. The molecule has 178 valence electrons. The molecule has 34 heavy (non-hydrogen) atoms. The number of hydrogen-bond donors (Lipinski definition) is 1. The van der Waals surface area contributed by atoms with Gasteiger partial charge < -0.3 is 9.15 Å². The lowest BCUT2D eigenvalue weighted by molar-refractivity contribution is 0.0598. The minimum absolute atomic E-state index is 0.0457. The second-order valence-electron chi connectivity index (χ2n) is 8.70. The van der Waals surface area contributed by atoms with Crippen LogP contribution in [0.5, 0.6) is 0 Å². The summed E-state index contributed by atoms with van der Waals surface area (Å²) in [5.74, 6) is -0.146. The van der Waals surface area contributed by atoms with Crippen LogP contribution in [0.3, 0.4) is 0 Å². The highest BCUT2D eigenvalue weighted by Gasteiger charge is 2.31. The zero-order chi connectivity index (χ0) is 25.0. The number of rotatable bonds is 4. The van der Waals surface area contributed by atoms with Crippen LogP contribution in [0.4, 0.5) is 5.69 Å². The molecule has 0 fully saturated rings. The molecule has 0 aliphatic rings. The van der Waals surface area contributed by atoms with E-state index < -0.39 is 21.4 Å². The Morgan fingerprint density at radius 2 is 1.56 bits per heavy atom. The van der Waals surface area contributed by atoms with Crippen molar-refractivity contribution in [2.24, 2.45) is 0 Å². The van der Waals surface area contributed by atoms with E-state index in [0.29, 0.717) is 27.5 Å². The Bertz CT molecular complexity index is 1570. The van der Waals surface area contributed by atoms with Crippen LogP contribution in [-0.2, 0) is 20.2 Å². The van der Waals surface area contributed by atoms with Crippen molar-refractivity contribution in [2.75, 3.05) is 11.8 Å². The molecule has 0 atom stereocenters. The van der Waals surface area contributed by atoms with Crippen molar-refractivity contribution >= 4 is 78.2 Å². The van der Waals surface area contributed by atoms with Crippen LogP contribution in [0.15, 0.2) is 51.8 Å². The summed E-state index contributed by atoms with van der Waals surface area (Å²) in [6.45, 7) is 5.74. The van der Waals surface area contributed by atoms with Crippen molar-refractivity contribution < 1.29 is 22.4 Å². The van der Waals surface area contributed by atoms with Gasteiger partial charge in [0.05, 0.1) is 27.9 Å². The molecule has 3 aromatic carbocycles. The van der Waals surface area contributed by atoms with E-state index >= 15 is 0 Å². The van der Waals surface area contributed by atoms with Crippen molar-refractivity contribution in [1.29, 1.82) is 0 Å². The molecule has 0 radical (unpaired) electrons. The van der Waals surface area contributed by atoms with E-state index in [2.05, 4.69) is 4.72 Å². The average Bonchev–Trinajstić information content (AvgIpc) is 3.15. The Labute approximate surface area is 211 Å². The number of sulfonamides is 1. The van der Waals surface area contributed by atoms with Crippen LogP contribution in [0, 0.1) is 0 Å². The molecule has 4 rings (SSSR count). The fraction of sp³-hybridized carbons (Fsp3) is 0.208. The molecular formula is C24H20Cl3NO5S. The monoisotopic (exact) mass is 539 g/mol. The molecule has 6 nitrogen and oxygen atoms in total. The van der Waals surface area contributed by atoms with E-state index in [1.54, 1.807) is 30.3 Å². The molecule has 0 unspecified atom stereocenters. The standard InChI is InChI=1S/C24H20Cl3NO5S/c1-24(2,3)22-20(23(29)32-4)14-9-18(12-7-5-6-8-13(12)21(14)33-22)28-34(30,31)19-11-16(26)15(25)10-17(19)27/h5-11,28H,1-4H3. The second-order valence-corrected chi connectivity index (χ2v) is 11.6. The third-order valence-electron chi connectivity index (χ3n) is 5.28. The summed E-state index contributed by atoms with van der Waals surface area (Å²) in [7, 11) is -2.89. The van der Waals surface area contributed by atoms with Crippen LogP contribution < -0.4 is 4.72 Å². The van der Waals surface area contributed by atoms with Gasteiger partial charge in [-0.3, -0.25) is 4.72 Å². The molecule has 0 aliphatic heterocycles. The second kappa shape index (κ2) is 8.64. The van der Waals surface area contributed by atoms with E-state index in [9.17, 15) is 13.2 Å². The van der Waals surface area contributed by atoms with E-state index in [4.69, 9.17) is 44.0 Å². The minimum Gasteiger partial charge on any atom is -0.465 e. The number of benzene rings is 3. The lowest BCUT2D eigenvalue weighted by Crippen LogP contribution is -2.16. The maximum absolute atomic E-state index is 13.3. The van der Waals surface area contributed by atoms with E-state index in [1.807, 2.05) is 20.8 Å². The molecule has 0 spiro atoms. The van der Waals surface area contributed by atoms with Crippen molar-refractivity contribution in [1.82, 2.24) is 0 Å². The summed E-state index contributed by atoms with van der Waals surface area (Å²) in [6, 6.07) is 11.1. The Morgan fingerprint density at radius 3 is 2.18 bits per heavy atom. The first kappa shape index (κ1) is 24.7. The lowest BCUT2D eigenvalue weighted by atomic mass is 9.89. The number of furan rings is 1. The lowest BCUT2D eigenvalue weighted by Gasteiger charge is -2.16. The number of anilines is 1. The Hall–Kier alpha value is -2.45. The van der Waals surface area contributed by atoms with Crippen molar-refractivity contribution in [3.63, 3.8) is 0 Å². The van der Waals surface area contributed by atoms with Crippen molar-refractivity contribution in [3.05, 3.63) is 68.9 Å². The third-order valence-corrected chi connectivity index (χ3v) is 7.83. The van der Waals surface area contributed by atoms with Gasteiger partial charge in [-0.1, -0.05) is 79.8 Å². The first-order valence-electron chi connectivity index (χ1n) is 10.1. The normalized spacial score (nSPS) is 12.3. The van der Waals surface area contributed by atoms with Crippen LogP contribution in [0.25, 0.3) is 21.7 Å². The molecule has 0 saturated carbocycles. The average molecular weight is 541 g/mol. The van der Waals surface area contributed by atoms with Crippen LogP contribution in [0.1, 0.15) is 36.9 Å². The summed E-state index contributed by atoms with van der Waals surface area (Å²) in [5.41, 5.74) is 0.411. The molecule has 0 aliphatic carbocycles. The molecule has 1 aromatic heterocycles. The zero-order valence-electron chi connectivity index (χ0n) is 18.6. The number of esters is 1. The first-order chi connectivity index (χ1) is 15.8. The number of halogens is 3. The molecule has 0 amide bonds. The highest BCUT2D eigenvalue weighted by molar-refractivity contribution is 7.92. The molecule has 0 saturated heterocycles. The van der Waals surface area contributed by atoms with Crippen molar-refractivity contribution in [2.45, 2.75) is 31.1 Å². The number of carbonyl (C=O) groups excluding carboxylic acids is 1. The fourth-order valence-corrected chi connectivity index (χ4v) is 5.82. The van der Waals surface area contributed by atoms with Gasteiger partial charge in [0.1, 0.15) is 21.8 Å². The van der Waals surface area contributed by atoms with Gasteiger partial charge in [-0.15, -0.1) is 0 Å². The Morgan fingerprint density at radius 1 is 0.941 bits per heavy atom. The molecule has 4 aromatic rings. The van der Waals surface area contributed by atoms with Gasteiger partial charge in [0, 0.05) is 21.6 Å². The summed E-state index contributed by atoms with van der Waals surface area (Å²) < 4.78 is 40.4. The zero-order valence-corrected chi connectivity index (χ0v) is 21.7. The predicted molar refractivity (Wildman–Crippen MR) is 136 cm³/mol. The molecule has 10 heteroatoms. The van der Waals surface area contributed by atoms with Crippen molar-refractivity contribution in [3.8, 4) is 0 Å². The highest BCUT2D eigenvalue weighted by Crippen LogP contribution is 2.42. The van der Waals surface area contributed by atoms with Gasteiger partial charge >= 0.3 is 5.97 Å².